The zero-order chi connectivity index (χ0) is 15.9. The fourth-order valence-corrected chi connectivity index (χ4v) is 4.25. The standard InChI is InChI=1S/C16H22N2O2S/c1-15(2)14(16(15,3)4)10-18-21(19,20)11-13-8-6-5-7-12(13)9-17/h5-8,14,18H,10-11H2,1-4H3. The Labute approximate surface area is 127 Å². The van der Waals surface area contributed by atoms with Crippen molar-refractivity contribution in [1.82, 2.24) is 4.72 Å². The van der Waals surface area contributed by atoms with Gasteiger partial charge in [-0.2, -0.15) is 5.26 Å². The summed E-state index contributed by atoms with van der Waals surface area (Å²) in [5.74, 6) is 0.190. The molecular formula is C16H22N2O2S. The van der Waals surface area contributed by atoms with E-state index >= 15 is 0 Å². The highest BCUT2D eigenvalue weighted by atomic mass is 32.2. The van der Waals surface area contributed by atoms with Crippen molar-refractivity contribution in [3.63, 3.8) is 0 Å². The van der Waals surface area contributed by atoms with E-state index in [4.69, 9.17) is 5.26 Å². The first kappa shape index (κ1) is 16.0. The molecule has 1 aliphatic rings. The molecule has 2 rings (SSSR count). The highest BCUT2D eigenvalue weighted by Gasteiger charge is 2.64. The van der Waals surface area contributed by atoms with E-state index in [9.17, 15) is 8.42 Å². The molecule has 1 saturated carbocycles. The van der Waals surface area contributed by atoms with Gasteiger partial charge in [0, 0.05) is 6.54 Å². The van der Waals surface area contributed by atoms with Crippen molar-refractivity contribution in [3.05, 3.63) is 35.4 Å². The first-order valence-electron chi connectivity index (χ1n) is 7.07. The van der Waals surface area contributed by atoms with Gasteiger partial charge in [0.25, 0.3) is 0 Å². The molecule has 4 nitrogen and oxygen atoms in total. The Morgan fingerprint density at radius 3 is 2.29 bits per heavy atom. The predicted octanol–water partition coefficient (Wildman–Crippen LogP) is 2.66. The second-order valence-corrected chi connectivity index (χ2v) is 8.68. The van der Waals surface area contributed by atoms with Crippen LogP contribution in [0, 0.1) is 28.1 Å². The summed E-state index contributed by atoms with van der Waals surface area (Å²) in [5.41, 5.74) is 1.26. The van der Waals surface area contributed by atoms with E-state index in [1.165, 1.54) is 0 Å². The highest BCUT2D eigenvalue weighted by molar-refractivity contribution is 7.88. The minimum absolute atomic E-state index is 0.149. The third-order valence-electron chi connectivity index (χ3n) is 5.31. The summed E-state index contributed by atoms with van der Waals surface area (Å²) in [6.45, 7) is 9.11. The molecule has 1 aliphatic carbocycles. The Bertz CT molecular complexity index is 670. The van der Waals surface area contributed by atoms with Crippen molar-refractivity contribution in [3.8, 4) is 6.07 Å². The fourth-order valence-electron chi connectivity index (χ4n) is 3.06. The first-order chi connectivity index (χ1) is 9.62. The van der Waals surface area contributed by atoms with E-state index in [1.807, 2.05) is 6.07 Å². The molecule has 5 heteroatoms. The Balaban J connectivity index is 2.03. The number of hydrogen-bond donors (Lipinski definition) is 1. The number of benzene rings is 1. The third kappa shape index (κ3) is 2.97. The molecule has 0 amide bonds. The maximum atomic E-state index is 12.2. The molecule has 0 radical (unpaired) electrons. The summed E-state index contributed by atoms with van der Waals surface area (Å²) < 4.78 is 27.1. The van der Waals surface area contributed by atoms with Gasteiger partial charge < -0.3 is 0 Å². The van der Waals surface area contributed by atoms with Gasteiger partial charge in [-0.1, -0.05) is 45.9 Å². The van der Waals surface area contributed by atoms with Gasteiger partial charge in [-0.15, -0.1) is 0 Å². The summed E-state index contributed by atoms with van der Waals surface area (Å²) in [7, 11) is -3.42. The average molecular weight is 306 g/mol. The van der Waals surface area contributed by atoms with Gasteiger partial charge in [0.15, 0.2) is 0 Å². The van der Waals surface area contributed by atoms with Crippen molar-refractivity contribution in [2.24, 2.45) is 16.7 Å². The van der Waals surface area contributed by atoms with Gasteiger partial charge in [0.05, 0.1) is 17.4 Å². The number of hydrogen-bond acceptors (Lipinski definition) is 3. The van der Waals surface area contributed by atoms with E-state index in [1.54, 1.807) is 24.3 Å². The molecule has 0 unspecified atom stereocenters. The summed E-state index contributed by atoms with van der Waals surface area (Å²) >= 11 is 0. The minimum Gasteiger partial charge on any atom is -0.215 e. The second kappa shape index (κ2) is 5.11. The SMILES string of the molecule is CC1(C)C(CNS(=O)(=O)Cc2ccccc2C#N)C1(C)C. The van der Waals surface area contributed by atoms with Crippen LogP contribution in [0.5, 0.6) is 0 Å². The van der Waals surface area contributed by atoms with Crippen molar-refractivity contribution >= 4 is 10.0 Å². The van der Waals surface area contributed by atoms with Crippen LogP contribution < -0.4 is 4.72 Å². The molecule has 21 heavy (non-hydrogen) atoms. The van der Waals surface area contributed by atoms with Crippen LogP contribution in [0.25, 0.3) is 0 Å². The van der Waals surface area contributed by atoms with Crippen molar-refractivity contribution in [2.45, 2.75) is 33.4 Å². The van der Waals surface area contributed by atoms with Crippen LogP contribution in [-0.4, -0.2) is 15.0 Å². The molecule has 1 N–H and O–H groups in total. The van der Waals surface area contributed by atoms with Crippen LogP contribution in [-0.2, 0) is 15.8 Å². The minimum atomic E-state index is -3.42. The maximum absolute atomic E-state index is 12.2. The van der Waals surface area contributed by atoms with Crippen LogP contribution in [0.3, 0.4) is 0 Å². The molecule has 0 saturated heterocycles. The number of nitriles is 1. The van der Waals surface area contributed by atoms with E-state index in [2.05, 4.69) is 32.4 Å². The molecule has 0 bridgehead atoms. The lowest BCUT2D eigenvalue weighted by atomic mass is 10.0. The zero-order valence-electron chi connectivity index (χ0n) is 13.0. The van der Waals surface area contributed by atoms with Crippen molar-refractivity contribution in [1.29, 1.82) is 5.26 Å². The van der Waals surface area contributed by atoms with Crippen LogP contribution in [0.4, 0.5) is 0 Å². The Morgan fingerprint density at radius 2 is 1.76 bits per heavy atom. The van der Waals surface area contributed by atoms with Gasteiger partial charge >= 0.3 is 0 Å². The van der Waals surface area contributed by atoms with Gasteiger partial charge in [0.2, 0.25) is 10.0 Å². The molecule has 0 aromatic heterocycles. The Kier molecular flexibility index (Phi) is 3.90. The van der Waals surface area contributed by atoms with Crippen LogP contribution in [0.2, 0.25) is 0 Å². The quantitative estimate of drug-likeness (QED) is 0.909. The van der Waals surface area contributed by atoms with E-state index < -0.39 is 10.0 Å². The number of nitrogens with one attached hydrogen (secondary N) is 1. The Morgan fingerprint density at radius 1 is 1.19 bits per heavy atom. The van der Waals surface area contributed by atoms with Crippen LogP contribution in [0.15, 0.2) is 24.3 Å². The molecule has 0 spiro atoms. The van der Waals surface area contributed by atoms with Gasteiger partial charge in [-0.25, -0.2) is 13.1 Å². The summed E-state index contributed by atoms with van der Waals surface area (Å²) in [5, 5.41) is 9.02. The Hall–Kier alpha value is -1.38. The first-order valence-corrected chi connectivity index (χ1v) is 8.72. The number of nitrogens with zero attached hydrogens (tertiary/aromatic N) is 1. The van der Waals surface area contributed by atoms with E-state index in [0.717, 1.165) is 0 Å². The molecule has 0 heterocycles. The van der Waals surface area contributed by atoms with Crippen molar-refractivity contribution < 1.29 is 8.42 Å². The lowest BCUT2D eigenvalue weighted by Gasteiger charge is -2.09. The third-order valence-corrected chi connectivity index (χ3v) is 6.61. The van der Waals surface area contributed by atoms with Crippen LogP contribution in [0.1, 0.15) is 38.8 Å². The van der Waals surface area contributed by atoms with E-state index in [-0.39, 0.29) is 16.6 Å². The summed E-state index contributed by atoms with van der Waals surface area (Å²) in [6.07, 6.45) is 0. The lowest BCUT2D eigenvalue weighted by molar-refractivity contribution is 0.457. The van der Waals surface area contributed by atoms with Crippen LogP contribution >= 0.6 is 0 Å². The molecule has 0 atom stereocenters. The van der Waals surface area contributed by atoms with Gasteiger partial charge in [-0.3, -0.25) is 0 Å². The molecule has 114 valence electrons. The zero-order valence-corrected chi connectivity index (χ0v) is 13.8. The van der Waals surface area contributed by atoms with Crippen molar-refractivity contribution in [2.75, 3.05) is 6.54 Å². The van der Waals surface area contributed by atoms with E-state index in [0.29, 0.717) is 23.6 Å². The number of rotatable bonds is 5. The highest BCUT2D eigenvalue weighted by Crippen LogP contribution is 2.67. The van der Waals surface area contributed by atoms with Gasteiger partial charge in [0.1, 0.15) is 0 Å². The van der Waals surface area contributed by atoms with Gasteiger partial charge in [-0.05, 0) is 28.4 Å². The number of sulfonamides is 1. The smallest absolute Gasteiger partial charge is 0.215 e. The summed E-state index contributed by atoms with van der Waals surface area (Å²) in [6, 6.07) is 8.83. The molecule has 0 aliphatic heterocycles. The molecule has 1 aromatic rings. The predicted molar refractivity (Wildman–Crippen MR) is 82.8 cm³/mol. The summed E-state index contributed by atoms with van der Waals surface area (Å²) in [4.78, 5) is 0. The fraction of sp³-hybridized carbons (Fsp3) is 0.562. The second-order valence-electron chi connectivity index (χ2n) is 6.87. The normalized spacial score (nSPS) is 20.0. The monoisotopic (exact) mass is 306 g/mol. The largest absolute Gasteiger partial charge is 0.215 e. The lowest BCUT2D eigenvalue weighted by Crippen LogP contribution is -2.28. The molecular weight excluding hydrogens is 284 g/mol. The molecule has 1 aromatic carbocycles. The topological polar surface area (TPSA) is 70.0 Å². The maximum Gasteiger partial charge on any atom is 0.215 e. The average Bonchev–Trinajstić information content (AvgIpc) is 2.77. The molecule has 1 fully saturated rings.